The van der Waals surface area contributed by atoms with E-state index >= 15 is 0 Å². The van der Waals surface area contributed by atoms with E-state index in [2.05, 4.69) is 20.2 Å². The third-order valence-corrected chi connectivity index (χ3v) is 5.58. The summed E-state index contributed by atoms with van der Waals surface area (Å²) < 4.78 is 11.7. The zero-order valence-electron chi connectivity index (χ0n) is 16.6. The van der Waals surface area contributed by atoms with Crippen LogP contribution in [0.2, 0.25) is 0 Å². The lowest BCUT2D eigenvalue weighted by molar-refractivity contribution is 0.230. The van der Waals surface area contributed by atoms with Gasteiger partial charge in [-0.05, 0) is 49.4 Å². The molecule has 1 atom stereocenters. The highest BCUT2D eigenvalue weighted by Gasteiger charge is 2.29. The summed E-state index contributed by atoms with van der Waals surface area (Å²) in [5.41, 5.74) is 7.54. The van der Waals surface area contributed by atoms with Gasteiger partial charge in [-0.3, -0.25) is 0 Å². The molecule has 2 aliphatic rings. The molecule has 7 heteroatoms. The summed E-state index contributed by atoms with van der Waals surface area (Å²) in [5, 5.41) is 3.08. The number of hydrogen-bond donors (Lipinski definition) is 2. The Bertz CT molecular complexity index is 824. The highest BCUT2D eigenvalue weighted by Crippen LogP contribution is 2.36. The standard InChI is InChI=1S/C21H29N5O2/c1-23-20-17(10-24-21(22)25-20)16-5-6-18(27-2)19(9-16)28-13-15-7-8-26(12-15)11-14-3-4-14/h5-6,9-10,14-15H,3-4,7-8,11-13H2,1-2H3,(H3,22,23,24,25). The summed E-state index contributed by atoms with van der Waals surface area (Å²) in [6.07, 6.45) is 5.74. The normalized spacial score (nSPS) is 19.6. The van der Waals surface area contributed by atoms with Crippen LogP contribution in [0.25, 0.3) is 11.1 Å². The Labute approximate surface area is 166 Å². The van der Waals surface area contributed by atoms with Crippen molar-refractivity contribution < 1.29 is 9.47 Å². The van der Waals surface area contributed by atoms with Gasteiger partial charge < -0.3 is 25.4 Å². The molecule has 4 rings (SSSR count). The van der Waals surface area contributed by atoms with Crippen molar-refractivity contribution in [3.8, 4) is 22.6 Å². The zero-order chi connectivity index (χ0) is 19.5. The molecule has 1 unspecified atom stereocenters. The van der Waals surface area contributed by atoms with Crippen LogP contribution in [0.15, 0.2) is 24.4 Å². The van der Waals surface area contributed by atoms with Crippen molar-refractivity contribution in [3.05, 3.63) is 24.4 Å². The van der Waals surface area contributed by atoms with Gasteiger partial charge in [-0.25, -0.2) is 4.98 Å². The first-order chi connectivity index (χ1) is 13.7. The van der Waals surface area contributed by atoms with Crippen molar-refractivity contribution >= 4 is 11.8 Å². The summed E-state index contributed by atoms with van der Waals surface area (Å²) in [4.78, 5) is 11.0. The number of aromatic nitrogens is 2. The zero-order valence-corrected chi connectivity index (χ0v) is 16.6. The molecule has 1 aromatic carbocycles. The van der Waals surface area contributed by atoms with E-state index in [0.29, 0.717) is 18.3 Å². The molecule has 1 saturated heterocycles. The van der Waals surface area contributed by atoms with Crippen molar-refractivity contribution in [3.63, 3.8) is 0 Å². The number of hydrogen-bond acceptors (Lipinski definition) is 7. The maximum Gasteiger partial charge on any atom is 0.221 e. The third-order valence-electron chi connectivity index (χ3n) is 5.58. The Morgan fingerprint density at radius 2 is 2.07 bits per heavy atom. The molecule has 2 fully saturated rings. The van der Waals surface area contributed by atoms with Crippen LogP contribution in [0.3, 0.4) is 0 Å². The molecule has 1 aliphatic heterocycles. The SMILES string of the molecule is CNc1nc(N)ncc1-c1ccc(OC)c(OCC2CCN(CC3CC3)C2)c1. The van der Waals surface area contributed by atoms with E-state index in [1.807, 2.05) is 25.2 Å². The Kier molecular flexibility index (Phi) is 5.52. The Morgan fingerprint density at radius 3 is 2.82 bits per heavy atom. The number of nitrogens with two attached hydrogens (primary N) is 1. The van der Waals surface area contributed by atoms with Gasteiger partial charge in [0.05, 0.1) is 13.7 Å². The minimum atomic E-state index is 0.245. The molecule has 3 N–H and O–H groups in total. The number of benzene rings is 1. The molecule has 1 saturated carbocycles. The number of anilines is 2. The van der Waals surface area contributed by atoms with Gasteiger partial charge in [0.25, 0.3) is 0 Å². The average molecular weight is 383 g/mol. The Balaban J connectivity index is 1.46. The second kappa shape index (κ2) is 8.22. The van der Waals surface area contributed by atoms with Crippen molar-refractivity contribution in [1.29, 1.82) is 0 Å². The molecular formula is C21H29N5O2. The molecule has 2 heterocycles. The van der Waals surface area contributed by atoms with E-state index in [-0.39, 0.29) is 5.95 Å². The van der Waals surface area contributed by atoms with Crippen LogP contribution in [0.5, 0.6) is 11.5 Å². The van der Waals surface area contributed by atoms with Crippen molar-refractivity contribution in [2.45, 2.75) is 19.3 Å². The molecule has 28 heavy (non-hydrogen) atoms. The minimum Gasteiger partial charge on any atom is -0.493 e. The summed E-state index contributed by atoms with van der Waals surface area (Å²) in [7, 11) is 3.49. The fourth-order valence-corrected chi connectivity index (χ4v) is 3.84. The number of nitrogens with zero attached hydrogens (tertiary/aromatic N) is 3. The summed E-state index contributed by atoms with van der Waals surface area (Å²) in [5.74, 6) is 3.93. The topological polar surface area (TPSA) is 85.5 Å². The first-order valence-corrected chi connectivity index (χ1v) is 10.00. The molecular weight excluding hydrogens is 354 g/mol. The number of rotatable bonds is 8. The summed E-state index contributed by atoms with van der Waals surface area (Å²) in [6.45, 7) is 4.29. The lowest BCUT2D eigenvalue weighted by atomic mass is 10.1. The predicted octanol–water partition coefficient (Wildman–Crippen LogP) is 2.89. The number of methoxy groups -OCH3 is 1. The minimum absolute atomic E-state index is 0.245. The molecule has 0 radical (unpaired) electrons. The van der Waals surface area contributed by atoms with Gasteiger partial charge in [-0.2, -0.15) is 4.98 Å². The van der Waals surface area contributed by atoms with Gasteiger partial charge in [0.2, 0.25) is 5.95 Å². The van der Waals surface area contributed by atoms with E-state index in [4.69, 9.17) is 15.2 Å². The molecule has 150 valence electrons. The molecule has 7 nitrogen and oxygen atoms in total. The number of ether oxygens (including phenoxy) is 2. The highest BCUT2D eigenvalue weighted by molar-refractivity contribution is 5.76. The van der Waals surface area contributed by atoms with E-state index in [0.717, 1.165) is 35.1 Å². The molecule has 0 spiro atoms. The van der Waals surface area contributed by atoms with Crippen molar-refractivity contribution in [2.24, 2.45) is 11.8 Å². The van der Waals surface area contributed by atoms with Crippen LogP contribution in [0.1, 0.15) is 19.3 Å². The van der Waals surface area contributed by atoms with Crippen LogP contribution >= 0.6 is 0 Å². The van der Waals surface area contributed by atoms with E-state index in [1.165, 1.54) is 32.4 Å². The monoisotopic (exact) mass is 383 g/mol. The van der Waals surface area contributed by atoms with Crippen LogP contribution < -0.4 is 20.5 Å². The van der Waals surface area contributed by atoms with Crippen molar-refractivity contribution in [2.75, 3.05) is 51.4 Å². The fraction of sp³-hybridized carbons (Fsp3) is 0.524. The van der Waals surface area contributed by atoms with Gasteiger partial charge in [0.1, 0.15) is 5.82 Å². The van der Waals surface area contributed by atoms with Crippen LogP contribution in [-0.2, 0) is 0 Å². The largest absolute Gasteiger partial charge is 0.493 e. The second-order valence-corrected chi connectivity index (χ2v) is 7.77. The van der Waals surface area contributed by atoms with Gasteiger partial charge in [0, 0.05) is 37.8 Å². The maximum absolute atomic E-state index is 6.20. The number of nitrogen functional groups attached to an aromatic ring is 1. The summed E-state index contributed by atoms with van der Waals surface area (Å²) in [6, 6.07) is 5.90. The van der Waals surface area contributed by atoms with E-state index < -0.39 is 0 Å². The fourth-order valence-electron chi connectivity index (χ4n) is 3.84. The number of likely N-dealkylation sites (tertiary alicyclic amines) is 1. The Morgan fingerprint density at radius 1 is 1.21 bits per heavy atom. The van der Waals surface area contributed by atoms with Crippen LogP contribution in [0.4, 0.5) is 11.8 Å². The molecule has 1 aliphatic carbocycles. The van der Waals surface area contributed by atoms with Gasteiger partial charge in [0.15, 0.2) is 11.5 Å². The van der Waals surface area contributed by atoms with Crippen LogP contribution in [0, 0.1) is 11.8 Å². The van der Waals surface area contributed by atoms with Gasteiger partial charge >= 0.3 is 0 Å². The first-order valence-electron chi connectivity index (χ1n) is 10.00. The smallest absolute Gasteiger partial charge is 0.221 e. The molecule has 0 amide bonds. The Hall–Kier alpha value is -2.54. The quantitative estimate of drug-likeness (QED) is 0.725. The van der Waals surface area contributed by atoms with E-state index in [9.17, 15) is 0 Å². The number of nitrogens with one attached hydrogen (secondary N) is 1. The van der Waals surface area contributed by atoms with Crippen molar-refractivity contribution in [1.82, 2.24) is 14.9 Å². The molecule has 2 aromatic rings. The lowest BCUT2D eigenvalue weighted by Crippen LogP contribution is -2.24. The van der Waals surface area contributed by atoms with Crippen LogP contribution in [-0.4, -0.2) is 55.3 Å². The summed E-state index contributed by atoms with van der Waals surface area (Å²) >= 11 is 0. The lowest BCUT2D eigenvalue weighted by Gasteiger charge is -2.17. The van der Waals surface area contributed by atoms with Gasteiger partial charge in [-0.1, -0.05) is 6.07 Å². The maximum atomic E-state index is 6.20. The predicted molar refractivity (Wildman–Crippen MR) is 111 cm³/mol. The molecule has 0 bridgehead atoms. The first kappa shape index (κ1) is 18.8. The van der Waals surface area contributed by atoms with E-state index in [1.54, 1.807) is 13.3 Å². The molecule has 1 aromatic heterocycles. The second-order valence-electron chi connectivity index (χ2n) is 7.77. The van der Waals surface area contributed by atoms with Gasteiger partial charge in [-0.15, -0.1) is 0 Å². The highest BCUT2D eigenvalue weighted by atomic mass is 16.5. The average Bonchev–Trinajstić information content (AvgIpc) is 3.42. The third kappa shape index (κ3) is 4.30.